The van der Waals surface area contributed by atoms with Gasteiger partial charge in [0.2, 0.25) is 0 Å². The first kappa shape index (κ1) is 14.6. The molecule has 21 heavy (non-hydrogen) atoms. The van der Waals surface area contributed by atoms with Crippen LogP contribution in [0.1, 0.15) is 38.7 Å². The number of H-pyrrole nitrogens is 1. The number of aromatic nitrogens is 1. The number of piperidine rings is 1. The molecule has 1 fully saturated rings. The highest BCUT2D eigenvalue weighted by Crippen LogP contribution is 2.23. The molecule has 3 nitrogen and oxygen atoms in total. The summed E-state index contributed by atoms with van der Waals surface area (Å²) >= 11 is 0. The van der Waals surface area contributed by atoms with Crippen LogP contribution in [0.5, 0.6) is 0 Å². The zero-order valence-electron chi connectivity index (χ0n) is 13.1. The number of aromatic amines is 1. The highest BCUT2D eigenvalue weighted by molar-refractivity contribution is 5.83. The summed E-state index contributed by atoms with van der Waals surface area (Å²) in [5.41, 5.74) is 9.06. The van der Waals surface area contributed by atoms with Crippen molar-refractivity contribution in [2.45, 2.75) is 57.7 Å². The minimum Gasteiger partial charge on any atom is -0.361 e. The molecule has 3 atom stereocenters. The molecule has 2 heterocycles. The first-order chi connectivity index (χ1) is 10.1. The van der Waals surface area contributed by atoms with Crippen LogP contribution in [0.15, 0.2) is 30.5 Å². The van der Waals surface area contributed by atoms with Gasteiger partial charge in [-0.2, -0.15) is 0 Å². The summed E-state index contributed by atoms with van der Waals surface area (Å²) in [6.45, 7) is 4.59. The number of nitrogens with two attached hydrogens (primary N) is 1. The molecule has 3 heteroatoms. The van der Waals surface area contributed by atoms with Gasteiger partial charge >= 0.3 is 0 Å². The fourth-order valence-electron chi connectivity index (χ4n) is 3.56. The van der Waals surface area contributed by atoms with Crippen LogP contribution in [0.4, 0.5) is 0 Å². The molecule has 114 valence electrons. The largest absolute Gasteiger partial charge is 0.361 e. The Morgan fingerprint density at radius 3 is 2.76 bits per heavy atom. The lowest BCUT2D eigenvalue weighted by molar-refractivity contribution is 0.244. The van der Waals surface area contributed by atoms with E-state index < -0.39 is 0 Å². The van der Waals surface area contributed by atoms with E-state index in [4.69, 9.17) is 5.73 Å². The lowest BCUT2D eigenvalue weighted by atomic mass is 9.87. The van der Waals surface area contributed by atoms with E-state index in [1.165, 1.54) is 35.7 Å². The average Bonchev–Trinajstić information content (AvgIpc) is 2.91. The topological polar surface area (TPSA) is 53.8 Å². The molecule has 0 aliphatic carbocycles. The molecule has 1 aliphatic heterocycles. The van der Waals surface area contributed by atoms with E-state index >= 15 is 0 Å². The summed E-state index contributed by atoms with van der Waals surface area (Å²) in [6, 6.07) is 9.72. The van der Waals surface area contributed by atoms with E-state index in [2.05, 4.69) is 54.6 Å². The molecule has 4 N–H and O–H groups in total. The minimum absolute atomic E-state index is 0.186. The van der Waals surface area contributed by atoms with Gasteiger partial charge in [0.05, 0.1) is 0 Å². The van der Waals surface area contributed by atoms with Crippen molar-refractivity contribution >= 4 is 10.9 Å². The zero-order chi connectivity index (χ0) is 14.8. The van der Waals surface area contributed by atoms with E-state index in [0.717, 1.165) is 6.42 Å². The lowest BCUT2D eigenvalue weighted by Gasteiger charge is -2.36. The third-order valence-electron chi connectivity index (χ3n) is 4.91. The Hall–Kier alpha value is -1.32. The summed E-state index contributed by atoms with van der Waals surface area (Å²) < 4.78 is 0. The Morgan fingerprint density at radius 1 is 1.19 bits per heavy atom. The molecule has 3 rings (SSSR count). The molecule has 1 aromatic heterocycles. The van der Waals surface area contributed by atoms with Crippen molar-refractivity contribution in [3.8, 4) is 0 Å². The maximum atomic E-state index is 6.52. The van der Waals surface area contributed by atoms with Crippen LogP contribution in [0.25, 0.3) is 10.9 Å². The standard InChI is InChI=1S/C18H27N3/c1-12(2)16-8-5-9-18(21-16)15(19)10-13-11-20-17-7-4-3-6-14(13)17/h3-4,6-7,11-12,15-16,18,20-21H,5,8-10,19H2,1-2H3/t15-,16+,18-/m0/s1. The summed E-state index contributed by atoms with van der Waals surface area (Å²) in [4.78, 5) is 3.35. The van der Waals surface area contributed by atoms with Crippen molar-refractivity contribution in [1.82, 2.24) is 10.3 Å². The smallest absolute Gasteiger partial charge is 0.0456 e. The van der Waals surface area contributed by atoms with Crippen molar-refractivity contribution in [2.24, 2.45) is 11.7 Å². The van der Waals surface area contributed by atoms with E-state index in [-0.39, 0.29) is 6.04 Å². The van der Waals surface area contributed by atoms with E-state index in [1.807, 2.05) is 0 Å². The van der Waals surface area contributed by atoms with Crippen LogP contribution in [0.3, 0.4) is 0 Å². The number of hydrogen-bond acceptors (Lipinski definition) is 2. The number of nitrogens with one attached hydrogen (secondary N) is 2. The predicted molar refractivity (Wildman–Crippen MR) is 89.4 cm³/mol. The third-order valence-corrected chi connectivity index (χ3v) is 4.91. The zero-order valence-corrected chi connectivity index (χ0v) is 13.1. The van der Waals surface area contributed by atoms with E-state index in [1.54, 1.807) is 0 Å². The van der Waals surface area contributed by atoms with Crippen LogP contribution >= 0.6 is 0 Å². The molecule has 2 aromatic rings. The average molecular weight is 285 g/mol. The second-order valence-corrected chi connectivity index (χ2v) is 6.78. The van der Waals surface area contributed by atoms with Crippen LogP contribution < -0.4 is 11.1 Å². The second kappa shape index (κ2) is 6.20. The van der Waals surface area contributed by atoms with E-state index in [9.17, 15) is 0 Å². The second-order valence-electron chi connectivity index (χ2n) is 6.78. The summed E-state index contributed by atoms with van der Waals surface area (Å²) in [7, 11) is 0. The van der Waals surface area contributed by atoms with Crippen LogP contribution in [0, 0.1) is 5.92 Å². The molecule has 1 aliphatic rings. The molecule has 0 unspecified atom stereocenters. The van der Waals surface area contributed by atoms with Gasteiger partial charge in [-0.1, -0.05) is 38.5 Å². The van der Waals surface area contributed by atoms with Gasteiger partial charge in [0.1, 0.15) is 0 Å². The maximum absolute atomic E-state index is 6.52. The summed E-state index contributed by atoms with van der Waals surface area (Å²) in [5.74, 6) is 0.688. The minimum atomic E-state index is 0.186. The number of rotatable bonds is 4. The fourth-order valence-corrected chi connectivity index (χ4v) is 3.56. The number of fused-ring (bicyclic) bond motifs is 1. The SMILES string of the molecule is CC(C)[C@H]1CCC[C@@H]([C@@H](N)Cc2c[nH]c3ccccc23)N1. The first-order valence-corrected chi connectivity index (χ1v) is 8.22. The molecule has 1 aromatic carbocycles. The first-order valence-electron chi connectivity index (χ1n) is 8.22. The molecule has 0 spiro atoms. The maximum Gasteiger partial charge on any atom is 0.0456 e. The highest BCUT2D eigenvalue weighted by atomic mass is 15.0. The monoisotopic (exact) mass is 285 g/mol. The van der Waals surface area contributed by atoms with Gasteiger partial charge in [-0.15, -0.1) is 0 Å². The fraction of sp³-hybridized carbons (Fsp3) is 0.556. The van der Waals surface area contributed by atoms with Gasteiger partial charge in [-0.05, 0) is 36.8 Å². The normalized spacial score (nSPS) is 24.6. The van der Waals surface area contributed by atoms with Crippen molar-refractivity contribution in [1.29, 1.82) is 0 Å². The van der Waals surface area contributed by atoms with Crippen LogP contribution in [-0.4, -0.2) is 23.1 Å². The molecular formula is C18H27N3. The number of benzene rings is 1. The van der Waals surface area contributed by atoms with Crippen molar-refractivity contribution in [3.05, 3.63) is 36.0 Å². The lowest BCUT2D eigenvalue weighted by Crippen LogP contribution is -2.54. The van der Waals surface area contributed by atoms with Crippen molar-refractivity contribution in [2.75, 3.05) is 0 Å². The van der Waals surface area contributed by atoms with Gasteiger partial charge in [0.25, 0.3) is 0 Å². The van der Waals surface area contributed by atoms with Gasteiger partial charge < -0.3 is 16.0 Å². The van der Waals surface area contributed by atoms with Crippen molar-refractivity contribution in [3.63, 3.8) is 0 Å². The van der Waals surface area contributed by atoms with Gasteiger partial charge in [-0.3, -0.25) is 0 Å². The molecule has 0 bridgehead atoms. The number of hydrogen-bond donors (Lipinski definition) is 3. The Kier molecular flexibility index (Phi) is 4.32. The molecule has 1 saturated heterocycles. The molecule has 0 radical (unpaired) electrons. The molecule has 0 amide bonds. The van der Waals surface area contributed by atoms with Crippen LogP contribution in [0.2, 0.25) is 0 Å². The van der Waals surface area contributed by atoms with Gasteiger partial charge in [0, 0.05) is 35.2 Å². The summed E-state index contributed by atoms with van der Waals surface area (Å²) in [6.07, 6.45) is 6.84. The van der Waals surface area contributed by atoms with Gasteiger partial charge in [-0.25, -0.2) is 0 Å². The Labute approximate surface area is 127 Å². The Balaban J connectivity index is 1.69. The van der Waals surface area contributed by atoms with Crippen LogP contribution in [-0.2, 0) is 6.42 Å². The quantitative estimate of drug-likeness (QED) is 0.808. The van der Waals surface area contributed by atoms with Gasteiger partial charge in [0.15, 0.2) is 0 Å². The number of para-hydroxylation sites is 1. The Morgan fingerprint density at radius 2 is 1.95 bits per heavy atom. The predicted octanol–water partition coefficient (Wildman–Crippen LogP) is 3.20. The highest BCUT2D eigenvalue weighted by Gasteiger charge is 2.27. The molecule has 0 saturated carbocycles. The molecular weight excluding hydrogens is 258 g/mol. The van der Waals surface area contributed by atoms with E-state index in [0.29, 0.717) is 18.0 Å². The van der Waals surface area contributed by atoms with Crippen molar-refractivity contribution < 1.29 is 0 Å². The Bertz CT molecular complexity index is 587. The third kappa shape index (κ3) is 3.14. The summed E-state index contributed by atoms with van der Waals surface area (Å²) in [5, 5.41) is 5.09.